The quantitative estimate of drug-likeness (QED) is 0.679. The first kappa shape index (κ1) is 15.0. The van der Waals surface area contributed by atoms with Gasteiger partial charge in [0.15, 0.2) is 11.5 Å². The van der Waals surface area contributed by atoms with E-state index in [2.05, 4.69) is 21.2 Å². The van der Waals surface area contributed by atoms with E-state index in [0.717, 1.165) is 0 Å². The Balaban J connectivity index is 2.36. The fourth-order valence-corrected chi connectivity index (χ4v) is 2.86. The van der Waals surface area contributed by atoms with Crippen molar-refractivity contribution in [3.8, 4) is 11.5 Å². The minimum atomic E-state index is -0.635. The van der Waals surface area contributed by atoms with E-state index in [1.807, 2.05) is 0 Å². The van der Waals surface area contributed by atoms with Gasteiger partial charge in [0.1, 0.15) is 0 Å². The lowest BCUT2D eigenvalue weighted by molar-refractivity contribution is 0.102. The Morgan fingerprint density at radius 1 is 1.15 bits per heavy atom. The molecule has 0 saturated heterocycles. The fourth-order valence-electron chi connectivity index (χ4n) is 1.56. The van der Waals surface area contributed by atoms with Crippen molar-refractivity contribution in [2.24, 2.45) is 0 Å². The van der Waals surface area contributed by atoms with Crippen LogP contribution in [0.3, 0.4) is 0 Å². The summed E-state index contributed by atoms with van der Waals surface area (Å²) in [6, 6.07) is 7.22. The number of halogens is 3. The average Bonchev–Trinajstić information content (AvgIpc) is 2.36. The van der Waals surface area contributed by atoms with Gasteiger partial charge in [0.2, 0.25) is 0 Å². The third kappa shape index (κ3) is 3.00. The van der Waals surface area contributed by atoms with Crippen LogP contribution in [0.15, 0.2) is 34.8 Å². The number of phenols is 2. The van der Waals surface area contributed by atoms with E-state index >= 15 is 0 Å². The summed E-state index contributed by atoms with van der Waals surface area (Å²) in [6.07, 6.45) is 0. The second kappa shape index (κ2) is 5.91. The van der Waals surface area contributed by atoms with Gasteiger partial charge in [-0.25, -0.2) is 0 Å². The number of para-hydroxylation sites is 1. The molecule has 0 aromatic heterocycles. The fraction of sp³-hybridized carbons (Fsp3) is 0. The summed E-state index contributed by atoms with van der Waals surface area (Å²) >= 11 is 15.2. The summed E-state index contributed by atoms with van der Waals surface area (Å²) in [5, 5.41) is 22.0. The number of phenolic OH excluding ortho intramolecular Hbond substituents is 2. The summed E-state index contributed by atoms with van der Waals surface area (Å²) in [4.78, 5) is 12.1. The first-order chi connectivity index (χ1) is 9.40. The van der Waals surface area contributed by atoms with Gasteiger partial charge in [-0.05, 0) is 24.3 Å². The molecule has 0 atom stereocenters. The van der Waals surface area contributed by atoms with Crippen LogP contribution < -0.4 is 5.32 Å². The Hall–Kier alpha value is -1.43. The summed E-state index contributed by atoms with van der Waals surface area (Å²) in [7, 11) is 0. The second-order valence-corrected chi connectivity index (χ2v) is 5.60. The molecule has 2 rings (SSSR count). The molecular formula is C13H8BrCl2NO3. The molecule has 0 radical (unpaired) electrons. The molecule has 1 amide bonds. The van der Waals surface area contributed by atoms with Crippen LogP contribution >= 0.6 is 39.1 Å². The number of anilines is 1. The topological polar surface area (TPSA) is 69.6 Å². The van der Waals surface area contributed by atoms with Crippen LogP contribution in [0.25, 0.3) is 0 Å². The van der Waals surface area contributed by atoms with E-state index in [1.54, 1.807) is 12.1 Å². The Kier molecular flexibility index (Phi) is 4.42. The van der Waals surface area contributed by atoms with Crippen LogP contribution in [-0.2, 0) is 0 Å². The van der Waals surface area contributed by atoms with Gasteiger partial charge >= 0.3 is 0 Å². The van der Waals surface area contributed by atoms with Gasteiger partial charge in [0.25, 0.3) is 5.91 Å². The predicted octanol–water partition coefficient (Wildman–Crippen LogP) is 4.42. The molecule has 7 heteroatoms. The van der Waals surface area contributed by atoms with Crippen molar-refractivity contribution in [1.82, 2.24) is 0 Å². The zero-order valence-electron chi connectivity index (χ0n) is 9.82. The maximum absolute atomic E-state index is 12.1. The molecule has 0 aliphatic carbocycles. The van der Waals surface area contributed by atoms with Crippen LogP contribution in [-0.4, -0.2) is 16.1 Å². The summed E-state index contributed by atoms with van der Waals surface area (Å²) < 4.78 is 0.672. The molecule has 3 N–H and O–H groups in total. The molecule has 0 bridgehead atoms. The number of hydrogen-bond acceptors (Lipinski definition) is 3. The van der Waals surface area contributed by atoms with Gasteiger partial charge in [0.05, 0.1) is 21.3 Å². The minimum Gasteiger partial charge on any atom is -0.504 e. The number of benzene rings is 2. The predicted molar refractivity (Wildman–Crippen MR) is 81.9 cm³/mol. The molecule has 2 aromatic carbocycles. The number of hydrogen-bond donors (Lipinski definition) is 3. The maximum atomic E-state index is 12.1. The third-order valence-corrected chi connectivity index (χ3v) is 3.56. The Morgan fingerprint density at radius 3 is 2.35 bits per heavy atom. The zero-order valence-corrected chi connectivity index (χ0v) is 12.9. The standard InChI is InChI=1S/C13H8BrCl2NO3/c14-6-4-8(15)11(9(16)5-6)17-13(20)7-2-1-3-10(18)12(7)19/h1-5,18-19H,(H,17,20). The lowest BCUT2D eigenvalue weighted by atomic mass is 10.1. The van der Waals surface area contributed by atoms with Crippen molar-refractivity contribution < 1.29 is 15.0 Å². The molecule has 0 aliphatic rings. The maximum Gasteiger partial charge on any atom is 0.259 e. The highest BCUT2D eigenvalue weighted by molar-refractivity contribution is 9.10. The first-order valence-electron chi connectivity index (χ1n) is 5.37. The van der Waals surface area contributed by atoms with Gasteiger partial charge in [-0.15, -0.1) is 0 Å². The molecule has 2 aromatic rings. The second-order valence-electron chi connectivity index (χ2n) is 3.87. The van der Waals surface area contributed by atoms with E-state index in [4.69, 9.17) is 23.2 Å². The van der Waals surface area contributed by atoms with Crippen LogP contribution in [0.5, 0.6) is 11.5 Å². The van der Waals surface area contributed by atoms with E-state index < -0.39 is 11.7 Å². The third-order valence-electron chi connectivity index (χ3n) is 2.50. The molecular weight excluding hydrogens is 369 g/mol. The molecule has 0 spiro atoms. The lowest BCUT2D eigenvalue weighted by Gasteiger charge is -2.11. The Morgan fingerprint density at radius 2 is 1.75 bits per heavy atom. The van der Waals surface area contributed by atoms with Crippen molar-refractivity contribution in [3.63, 3.8) is 0 Å². The van der Waals surface area contributed by atoms with Gasteiger partial charge in [0, 0.05) is 4.47 Å². The number of nitrogens with one attached hydrogen (secondary N) is 1. The SMILES string of the molecule is O=C(Nc1c(Cl)cc(Br)cc1Cl)c1cccc(O)c1O. The molecule has 0 saturated carbocycles. The van der Waals surface area contributed by atoms with Gasteiger partial charge < -0.3 is 15.5 Å². The smallest absolute Gasteiger partial charge is 0.259 e. The van der Waals surface area contributed by atoms with Crippen LogP contribution in [0, 0.1) is 0 Å². The van der Waals surface area contributed by atoms with Crippen molar-refractivity contribution in [2.75, 3.05) is 5.32 Å². The van der Waals surface area contributed by atoms with Crippen molar-refractivity contribution in [1.29, 1.82) is 0 Å². The largest absolute Gasteiger partial charge is 0.504 e. The van der Waals surface area contributed by atoms with E-state index in [-0.39, 0.29) is 27.0 Å². The van der Waals surface area contributed by atoms with Crippen molar-refractivity contribution in [3.05, 3.63) is 50.4 Å². The number of carbonyl (C=O) groups is 1. The molecule has 104 valence electrons. The highest BCUT2D eigenvalue weighted by Gasteiger charge is 2.17. The normalized spacial score (nSPS) is 10.3. The highest BCUT2D eigenvalue weighted by Crippen LogP contribution is 2.35. The van der Waals surface area contributed by atoms with Crippen molar-refractivity contribution in [2.45, 2.75) is 0 Å². The Labute approximate surface area is 133 Å². The number of aromatic hydroxyl groups is 2. The summed E-state index contributed by atoms with van der Waals surface area (Å²) in [5.41, 5.74) is 0.143. The van der Waals surface area contributed by atoms with E-state index in [0.29, 0.717) is 4.47 Å². The highest BCUT2D eigenvalue weighted by atomic mass is 79.9. The summed E-state index contributed by atoms with van der Waals surface area (Å²) in [6.45, 7) is 0. The number of amides is 1. The average molecular weight is 377 g/mol. The van der Waals surface area contributed by atoms with Gasteiger partial charge in [-0.3, -0.25) is 4.79 Å². The lowest BCUT2D eigenvalue weighted by Crippen LogP contribution is -2.12. The first-order valence-corrected chi connectivity index (χ1v) is 6.92. The number of rotatable bonds is 2. The van der Waals surface area contributed by atoms with Crippen molar-refractivity contribution >= 4 is 50.7 Å². The molecule has 4 nitrogen and oxygen atoms in total. The van der Waals surface area contributed by atoms with Gasteiger partial charge in [-0.2, -0.15) is 0 Å². The molecule has 0 fully saturated rings. The van der Waals surface area contributed by atoms with E-state index in [9.17, 15) is 15.0 Å². The van der Waals surface area contributed by atoms with Crippen LogP contribution in [0.4, 0.5) is 5.69 Å². The van der Waals surface area contributed by atoms with Gasteiger partial charge in [-0.1, -0.05) is 45.2 Å². The minimum absolute atomic E-state index is 0.0833. The summed E-state index contributed by atoms with van der Waals surface area (Å²) in [5.74, 6) is -1.52. The molecule has 0 aliphatic heterocycles. The number of carbonyl (C=O) groups excluding carboxylic acids is 1. The Bertz CT molecular complexity index is 668. The van der Waals surface area contributed by atoms with Crippen LogP contribution in [0.2, 0.25) is 10.0 Å². The molecule has 0 unspecified atom stereocenters. The molecule has 0 heterocycles. The monoisotopic (exact) mass is 375 g/mol. The molecule has 20 heavy (non-hydrogen) atoms. The van der Waals surface area contributed by atoms with Crippen LogP contribution in [0.1, 0.15) is 10.4 Å². The zero-order chi connectivity index (χ0) is 14.9. The van der Waals surface area contributed by atoms with E-state index in [1.165, 1.54) is 18.2 Å².